The van der Waals surface area contributed by atoms with Crippen molar-refractivity contribution < 1.29 is 33.3 Å². The fraction of sp³-hybridized carbons (Fsp3) is 0.394. The zero-order chi connectivity index (χ0) is 32.2. The first-order chi connectivity index (χ1) is 19.3. The molecule has 0 heterocycles. The fourth-order valence-electron chi connectivity index (χ4n) is 3.81. The maximum absolute atomic E-state index is 13.6. The third-order valence-corrected chi connectivity index (χ3v) is 5.82. The van der Waals surface area contributed by atoms with Gasteiger partial charge in [0.15, 0.2) is 0 Å². The number of halogens is 2. The lowest BCUT2D eigenvalue weighted by Gasteiger charge is -2.33. The number of nitrogens with one attached hydrogen (secondary N) is 1. The number of hydrogen-bond acceptors (Lipinski definition) is 5. The van der Waals surface area contributed by atoms with Crippen LogP contribution in [0.5, 0.6) is 5.75 Å². The molecule has 2 aromatic rings. The van der Waals surface area contributed by atoms with Crippen molar-refractivity contribution in [2.24, 2.45) is 0 Å². The number of phenolic OH excluding ortho intramolecular Hbond substituents is 1. The standard InChI is InChI=1S/C22H26FNO5.C6H11F.C3H6.C2H2/c1-21(2,18-10-16(23)6-8-19(18)26)13-22(3,28)20(27)24-17-7-5-14(11-25)15(9-17)12-29-4;1-3-6(4-2)5-7;1-3-2;1-2/h5-11,26,28H,12-13H2,1-4H3,(H,24,27);3H,4-5H2,1-2H3;3H,1H2,2H3;1-2H/b;6-3-;;. The molecule has 0 bridgehead atoms. The average molecular weight is 574 g/mol. The van der Waals surface area contributed by atoms with E-state index in [9.17, 15) is 28.6 Å². The van der Waals surface area contributed by atoms with Gasteiger partial charge in [0.25, 0.3) is 5.91 Å². The number of hydrogen-bond donors (Lipinski definition) is 3. The molecule has 0 fully saturated rings. The highest BCUT2D eigenvalue weighted by molar-refractivity contribution is 5.97. The van der Waals surface area contributed by atoms with Crippen LogP contribution in [0.3, 0.4) is 0 Å². The lowest BCUT2D eigenvalue weighted by Crippen LogP contribution is -2.44. The zero-order valence-electron chi connectivity index (χ0n) is 25.3. The quantitative estimate of drug-likeness (QED) is 0.157. The van der Waals surface area contributed by atoms with E-state index in [0.717, 1.165) is 18.1 Å². The maximum atomic E-state index is 13.6. The number of phenols is 1. The summed E-state index contributed by atoms with van der Waals surface area (Å²) in [4.78, 5) is 23.8. The van der Waals surface area contributed by atoms with Gasteiger partial charge in [0.05, 0.1) is 6.61 Å². The number of aromatic hydroxyl groups is 1. The Balaban J connectivity index is 0. The van der Waals surface area contributed by atoms with Crippen LogP contribution in [-0.4, -0.2) is 41.8 Å². The first-order valence-corrected chi connectivity index (χ1v) is 13.0. The summed E-state index contributed by atoms with van der Waals surface area (Å²) in [5, 5.41) is 23.5. The van der Waals surface area contributed by atoms with E-state index >= 15 is 0 Å². The Hall–Kier alpha value is -3.80. The number of methoxy groups -OCH3 is 1. The third kappa shape index (κ3) is 13.9. The van der Waals surface area contributed by atoms with E-state index in [0.29, 0.717) is 28.7 Å². The molecule has 41 heavy (non-hydrogen) atoms. The number of carbonyl (C=O) groups is 2. The molecule has 0 aliphatic carbocycles. The largest absolute Gasteiger partial charge is 0.508 e. The van der Waals surface area contributed by atoms with Crippen LogP contribution in [0.25, 0.3) is 0 Å². The minimum atomic E-state index is -1.81. The smallest absolute Gasteiger partial charge is 0.256 e. The van der Waals surface area contributed by atoms with Crippen LogP contribution in [0.2, 0.25) is 0 Å². The summed E-state index contributed by atoms with van der Waals surface area (Å²) >= 11 is 0. The number of amides is 1. The number of ether oxygens (including phenoxy) is 1. The molecule has 1 unspecified atom stereocenters. The van der Waals surface area contributed by atoms with E-state index in [-0.39, 0.29) is 25.5 Å². The molecule has 8 heteroatoms. The molecule has 0 radical (unpaired) electrons. The summed E-state index contributed by atoms with van der Waals surface area (Å²) in [5.74, 6) is -1.29. The minimum Gasteiger partial charge on any atom is -0.508 e. The maximum Gasteiger partial charge on any atom is 0.256 e. The SMILES string of the molecule is C#C.C/C=C(/CC)CF.C=CC.COCc1cc(NC(=O)C(C)(O)CC(C)(C)c2cc(F)ccc2O)ccc1C=O. The van der Waals surface area contributed by atoms with Crippen LogP contribution in [0, 0.1) is 18.7 Å². The van der Waals surface area contributed by atoms with Gasteiger partial charge >= 0.3 is 0 Å². The summed E-state index contributed by atoms with van der Waals surface area (Å²) in [6.07, 6.45) is 13.0. The molecule has 0 saturated heterocycles. The summed E-state index contributed by atoms with van der Waals surface area (Å²) in [5.41, 5.74) is -0.0743. The number of aliphatic hydroxyl groups is 1. The molecule has 0 aliphatic rings. The van der Waals surface area contributed by atoms with Gasteiger partial charge in [-0.1, -0.05) is 32.9 Å². The Labute approximate surface area is 244 Å². The molecule has 6 nitrogen and oxygen atoms in total. The van der Waals surface area contributed by atoms with E-state index in [1.54, 1.807) is 38.1 Å². The summed E-state index contributed by atoms with van der Waals surface area (Å²) in [6, 6.07) is 8.29. The summed E-state index contributed by atoms with van der Waals surface area (Å²) < 4.78 is 30.3. The van der Waals surface area contributed by atoms with Gasteiger partial charge in [-0.2, -0.15) is 0 Å². The van der Waals surface area contributed by atoms with Crippen molar-refractivity contribution in [1.29, 1.82) is 0 Å². The second-order valence-corrected chi connectivity index (χ2v) is 9.76. The van der Waals surface area contributed by atoms with E-state index in [4.69, 9.17) is 4.74 Å². The lowest BCUT2D eigenvalue weighted by molar-refractivity contribution is -0.134. The highest BCUT2D eigenvalue weighted by Gasteiger charge is 2.39. The van der Waals surface area contributed by atoms with Crippen LogP contribution < -0.4 is 5.32 Å². The molecule has 0 aromatic heterocycles. The number of anilines is 1. The van der Waals surface area contributed by atoms with E-state index < -0.39 is 22.7 Å². The van der Waals surface area contributed by atoms with Crippen LogP contribution >= 0.6 is 0 Å². The molecule has 3 N–H and O–H groups in total. The number of allylic oxidation sites excluding steroid dienone is 3. The molecule has 0 saturated carbocycles. The zero-order valence-corrected chi connectivity index (χ0v) is 25.3. The Morgan fingerprint density at radius 2 is 1.73 bits per heavy atom. The first kappa shape index (κ1) is 39.3. The van der Waals surface area contributed by atoms with Crippen molar-refractivity contribution in [2.75, 3.05) is 19.1 Å². The number of terminal acetylenes is 1. The third-order valence-electron chi connectivity index (χ3n) is 5.82. The van der Waals surface area contributed by atoms with Gasteiger partial charge in [-0.3, -0.25) is 9.59 Å². The van der Waals surface area contributed by atoms with Gasteiger partial charge in [0.1, 0.15) is 30.1 Å². The fourth-order valence-corrected chi connectivity index (χ4v) is 3.81. The van der Waals surface area contributed by atoms with Crippen LogP contribution in [0.1, 0.15) is 75.9 Å². The van der Waals surface area contributed by atoms with E-state index in [2.05, 4.69) is 24.7 Å². The van der Waals surface area contributed by atoms with Crippen molar-refractivity contribution in [2.45, 2.75) is 72.0 Å². The van der Waals surface area contributed by atoms with Gasteiger partial charge in [-0.15, -0.1) is 19.4 Å². The topological polar surface area (TPSA) is 95.9 Å². The molecule has 226 valence electrons. The van der Waals surface area contributed by atoms with E-state index in [1.807, 2.05) is 26.8 Å². The van der Waals surface area contributed by atoms with Crippen LogP contribution in [0.15, 0.2) is 60.7 Å². The molecular weight excluding hydrogens is 528 g/mol. The van der Waals surface area contributed by atoms with Crippen molar-refractivity contribution in [3.05, 3.63) is 83.2 Å². The number of aldehydes is 1. The number of rotatable bonds is 10. The second-order valence-electron chi connectivity index (χ2n) is 9.76. The predicted molar refractivity (Wildman–Crippen MR) is 163 cm³/mol. The lowest BCUT2D eigenvalue weighted by atomic mass is 9.75. The Morgan fingerprint density at radius 1 is 1.15 bits per heavy atom. The predicted octanol–water partition coefficient (Wildman–Crippen LogP) is 7.30. The Morgan fingerprint density at radius 3 is 2.17 bits per heavy atom. The highest BCUT2D eigenvalue weighted by Crippen LogP contribution is 2.38. The van der Waals surface area contributed by atoms with E-state index in [1.165, 1.54) is 26.2 Å². The monoisotopic (exact) mass is 573 g/mol. The van der Waals surface area contributed by atoms with Gasteiger partial charge in [-0.05, 0) is 86.6 Å². The normalized spacial score (nSPS) is 12.0. The minimum absolute atomic E-state index is 0.0692. The molecule has 2 rings (SSSR count). The second kappa shape index (κ2) is 20.1. The van der Waals surface area contributed by atoms with Crippen molar-refractivity contribution >= 4 is 17.9 Å². The van der Waals surface area contributed by atoms with Crippen molar-refractivity contribution in [1.82, 2.24) is 0 Å². The van der Waals surface area contributed by atoms with Crippen molar-refractivity contribution in [3.63, 3.8) is 0 Å². The molecule has 0 spiro atoms. The molecule has 0 aliphatic heterocycles. The number of alkyl halides is 1. The number of benzene rings is 2. The Bertz CT molecular complexity index is 1150. The molecule has 1 atom stereocenters. The molecule has 1 amide bonds. The van der Waals surface area contributed by atoms with Gasteiger partial charge < -0.3 is 20.3 Å². The van der Waals surface area contributed by atoms with Crippen molar-refractivity contribution in [3.8, 4) is 18.6 Å². The van der Waals surface area contributed by atoms with Crippen LogP contribution in [0.4, 0.5) is 14.5 Å². The van der Waals surface area contributed by atoms with Crippen LogP contribution in [-0.2, 0) is 21.6 Å². The number of carbonyl (C=O) groups excluding carboxylic acids is 2. The van der Waals surface area contributed by atoms with Gasteiger partial charge in [0, 0.05) is 23.9 Å². The molecular formula is C33H45F2NO5. The molecule has 2 aromatic carbocycles. The van der Waals surface area contributed by atoms with Gasteiger partial charge in [-0.25, -0.2) is 8.78 Å². The Kier molecular flexibility index (Phi) is 19.3. The summed E-state index contributed by atoms with van der Waals surface area (Å²) in [6.45, 7) is 13.7. The average Bonchev–Trinajstić information content (AvgIpc) is 2.93. The summed E-state index contributed by atoms with van der Waals surface area (Å²) in [7, 11) is 1.49. The van der Waals surface area contributed by atoms with Gasteiger partial charge in [0.2, 0.25) is 0 Å². The first-order valence-electron chi connectivity index (χ1n) is 13.0. The highest BCUT2D eigenvalue weighted by atomic mass is 19.1.